The van der Waals surface area contributed by atoms with E-state index in [4.69, 9.17) is 15.9 Å². The minimum Gasteiger partial charge on any atom is -0.480 e. The van der Waals surface area contributed by atoms with Crippen molar-refractivity contribution in [2.45, 2.75) is 57.4 Å². The Morgan fingerprint density at radius 1 is 1.16 bits per heavy atom. The molecule has 0 aromatic heterocycles. The molecule has 10 nitrogen and oxygen atoms in total. The highest BCUT2D eigenvalue weighted by Gasteiger charge is 2.30. The molecule has 0 unspecified atom stereocenters. The van der Waals surface area contributed by atoms with Crippen molar-refractivity contribution in [1.29, 1.82) is 0 Å². The third-order valence-electron chi connectivity index (χ3n) is 4.60. The predicted octanol–water partition coefficient (Wildman–Crippen LogP) is 1.46. The first kappa shape index (κ1) is 36.6. The molecular weight excluding hydrogens is 541 g/mol. The number of aliphatic carboxylic acids is 2. The van der Waals surface area contributed by atoms with Crippen LogP contribution in [0.3, 0.4) is 0 Å². The molecule has 1 aromatic rings. The summed E-state index contributed by atoms with van der Waals surface area (Å²) in [6.45, 7) is 4.19. The fraction of sp³-hybridized carbons (Fsp3) is 0.545. The maximum atomic E-state index is 12.4. The Hall–Kier alpha value is -2.55. The number of alkyl halides is 3. The van der Waals surface area contributed by atoms with Crippen LogP contribution in [0.15, 0.2) is 24.3 Å². The lowest BCUT2D eigenvalue weighted by atomic mass is 10.0. The molecule has 0 aliphatic heterocycles. The number of amides is 2. The smallest absolute Gasteiger partial charge is 0.416 e. The first-order chi connectivity index (χ1) is 16.7. The van der Waals surface area contributed by atoms with Gasteiger partial charge in [-0.2, -0.15) is 25.8 Å². The van der Waals surface area contributed by atoms with Crippen LogP contribution in [-0.2, 0) is 31.8 Å². The number of likely N-dealkylation sites (N-methyl/N-ethyl adjacent to an activating group) is 1. The van der Waals surface area contributed by atoms with Gasteiger partial charge in [-0.25, -0.2) is 0 Å². The summed E-state index contributed by atoms with van der Waals surface area (Å²) >= 11 is 3.87. The number of carbonyl (C=O) groups is 4. The number of halogens is 4. The van der Waals surface area contributed by atoms with Gasteiger partial charge in [-0.1, -0.05) is 25.1 Å². The Labute approximate surface area is 224 Å². The first-order valence-electron chi connectivity index (χ1n) is 11.0. The standard InChI is InChI=1S/C12H16F3N.C10H17N3O6S.ClH/c1-3-16-9(2)7-10-5-4-6-11(8-10)12(13,14)15;11-5(10(18)19)1-2-7(14)13-6(4-20)9(17)12-3-8(15)16;/h4-6,8-9,16H,3,7H2,1-2H3;5-6,20H,1-4,11H2,(H,12,17)(H,13,14)(H,15,16)(H,18,19);1H/t9-;5-,6-;/m00./s1. The van der Waals surface area contributed by atoms with E-state index in [1.165, 1.54) is 12.1 Å². The molecule has 1 rings (SSSR count). The van der Waals surface area contributed by atoms with E-state index in [2.05, 4.69) is 28.6 Å². The summed E-state index contributed by atoms with van der Waals surface area (Å²) in [6, 6.07) is 3.53. The van der Waals surface area contributed by atoms with Gasteiger partial charge in [-0.3, -0.25) is 19.2 Å². The number of nitrogens with two attached hydrogens (primary N) is 1. The topological polar surface area (TPSA) is 171 Å². The van der Waals surface area contributed by atoms with Crippen LogP contribution in [0.1, 0.15) is 37.8 Å². The molecule has 0 fully saturated rings. The molecule has 0 bridgehead atoms. The number of carboxylic acids is 2. The van der Waals surface area contributed by atoms with Crippen LogP contribution < -0.4 is 21.7 Å². The van der Waals surface area contributed by atoms with Crippen LogP contribution in [0.5, 0.6) is 0 Å². The molecule has 1 aromatic carbocycles. The van der Waals surface area contributed by atoms with Crippen molar-refractivity contribution in [2.24, 2.45) is 5.73 Å². The largest absolute Gasteiger partial charge is 0.480 e. The number of thiol groups is 1. The van der Waals surface area contributed by atoms with E-state index in [1.54, 1.807) is 6.07 Å². The van der Waals surface area contributed by atoms with Gasteiger partial charge in [-0.05, 0) is 37.9 Å². The molecule has 0 aliphatic carbocycles. The highest BCUT2D eigenvalue weighted by Crippen LogP contribution is 2.29. The summed E-state index contributed by atoms with van der Waals surface area (Å²) in [4.78, 5) is 43.7. The Balaban J connectivity index is 0. The SMILES string of the molecule is CCN[C@@H](C)Cc1cccc(C(F)(F)F)c1.Cl.N[C@@H](CCC(=O)N[C@@H](CS)C(=O)NCC(=O)O)C(=O)O. The van der Waals surface area contributed by atoms with Gasteiger partial charge in [0.25, 0.3) is 0 Å². The van der Waals surface area contributed by atoms with Gasteiger partial charge in [0.15, 0.2) is 0 Å². The summed E-state index contributed by atoms with van der Waals surface area (Å²) in [5, 5.41) is 24.5. The number of hydrogen-bond donors (Lipinski definition) is 7. The van der Waals surface area contributed by atoms with Crippen LogP contribution in [0.4, 0.5) is 13.2 Å². The number of nitrogens with one attached hydrogen (secondary N) is 3. The van der Waals surface area contributed by atoms with Crippen LogP contribution in [0, 0.1) is 0 Å². The normalized spacial score (nSPS) is 13.1. The van der Waals surface area contributed by atoms with Crippen LogP contribution in [0.2, 0.25) is 0 Å². The average molecular weight is 575 g/mol. The highest BCUT2D eigenvalue weighted by atomic mass is 35.5. The van der Waals surface area contributed by atoms with Crippen LogP contribution in [-0.4, -0.2) is 70.9 Å². The summed E-state index contributed by atoms with van der Waals surface area (Å²) < 4.78 is 37.3. The molecule has 0 saturated carbocycles. The summed E-state index contributed by atoms with van der Waals surface area (Å²) in [5.74, 6) is -3.70. The number of hydrogen-bond acceptors (Lipinski definition) is 7. The van der Waals surface area contributed by atoms with Gasteiger partial charge in [0.05, 0.1) is 5.56 Å². The van der Waals surface area contributed by atoms with E-state index in [1.807, 2.05) is 13.8 Å². The van der Waals surface area contributed by atoms with Gasteiger partial charge in [0.1, 0.15) is 18.6 Å². The van der Waals surface area contributed by atoms with Crippen LogP contribution in [0.25, 0.3) is 0 Å². The first-order valence-corrected chi connectivity index (χ1v) is 11.6. The van der Waals surface area contributed by atoms with Crippen molar-refractivity contribution in [1.82, 2.24) is 16.0 Å². The third-order valence-corrected chi connectivity index (χ3v) is 4.96. The second-order valence-electron chi connectivity index (χ2n) is 7.76. The molecule has 0 saturated heterocycles. The van der Waals surface area contributed by atoms with Crippen molar-refractivity contribution in [3.8, 4) is 0 Å². The summed E-state index contributed by atoms with van der Waals surface area (Å²) in [6.07, 6.45) is -3.88. The Kier molecular flexibility index (Phi) is 18.5. The van der Waals surface area contributed by atoms with E-state index >= 15 is 0 Å². The Morgan fingerprint density at radius 3 is 2.27 bits per heavy atom. The monoisotopic (exact) mass is 574 g/mol. The molecule has 3 atom stereocenters. The lowest BCUT2D eigenvalue weighted by Gasteiger charge is -2.16. The van der Waals surface area contributed by atoms with E-state index < -0.39 is 54.1 Å². The number of carboxylic acid groups (broad SMARTS) is 2. The zero-order valence-electron chi connectivity index (χ0n) is 20.4. The minimum atomic E-state index is -4.25. The fourth-order valence-corrected chi connectivity index (χ4v) is 3.06. The Morgan fingerprint density at radius 2 is 1.78 bits per heavy atom. The second kappa shape index (κ2) is 18.7. The predicted molar refractivity (Wildman–Crippen MR) is 137 cm³/mol. The van der Waals surface area contributed by atoms with Crippen LogP contribution >= 0.6 is 25.0 Å². The van der Waals surface area contributed by atoms with Crippen molar-refractivity contribution in [3.05, 3.63) is 35.4 Å². The number of carbonyl (C=O) groups excluding carboxylic acids is 2. The molecule has 15 heteroatoms. The molecule has 0 radical (unpaired) electrons. The second-order valence-corrected chi connectivity index (χ2v) is 8.12. The summed E-state index contributed by atoms with van der Waals surface area (Å²) in [5.41, 5.74) is 5.37. The minimum absolute atomic E-state index is 0. The molecule has 0 heterocycles. The molecule has 2 amide bonds. The molecule has 0 spiro atoms. The van der Waals surface area contributed by atoms with Gasteiger partial charge in [0, 0.05) is 18.2 Å². The van der Waals surface area contributed by atoms with Crippen molar-refractivity contribution in [2.75, 3.05) is 18.8 Å². The van der Waals surface area contributed by atoms with Gasteiger partial charge in [0.2, 0.25) is 11.8 Å². The number of rotatable bonds is 13. The van der Waals surface area contributed by atoms with E-state index in [0.29, 0.717) is 12.0 Å². The number of benzene rings is 1. The maximum absolute atomic E-state index is 12.4. The van der Waals surface area contributed by atoms with E-state index in [-0.39, 0.29) is 37.0 Å². The third kappa shape index (κ3) is 16.7. The van der Waals surface area contributed by atoms with Crippen molar-refractivity contribution >= 4 is 48.8 Å². The molecule has 37 heavy (non-hydrogen) atoms. The summed E-state index contributed by atoms with van der Waals surface area (Å²) in [7, 11) is 0. The van der Waals surface area contributed by atoms with Gasteiger partial charge in [-0.15, -0.1) is 12.4 Å². The fourth-order valence-electron chi connectivity index (χ4n) is 2.81. The van der Waals surface area contributed by atoms with Crippen molar-refractivity contribution < 1.29 is 42.6 Å². The van der Waals surface area contributed by atoms with Gasteiger partial charge >= 0.3 is 18.1 Å². The lowest BCUT2D eigenvalue weighted by molar-refractivity contribution is -0.139. The molecule has 7 N–H and O–H groups in total. The zero-order valence-corrected chi connectivity index (χ0v) is 22.1. The Bertz CT molecular complexity index is 879. The van der Waals surface area contributed by atoms with E-state index in [0.717, 1.165) is 12.6 Å². The molecule has 0 aliphatic rings. The van der Waals surface area contributed by atoms with Gasteiger partial charge < -0.3 is 31.9 Å². The average Bonchev–Trinajstić information content (AvgIpc) is 2.79. The molecule has 212 valence electrons. The quantitative estimate of drug-likeness (QED) is 0.174. The molecular formula is C22H34ClF3N4O6S. The zero-order chi connectivity index (χ0) is 27.9. The van der Waals surface area contributed by atoms with Crippen molar-refractivity contribution in [3.63, 3.8) is 0 Å². The maximum Gasteiger partial charge on any atom is 0.416 e. The highest BCUT2D eigenvalue weighted by molar-refractivity contribution is 7.80. The van der Waals surface area contributed by atoms with E-state index in [9.17, 15) is 32.3 Å². The lowest BCUT2D eigenvalue weighted by Crippen LogP contribution is -2.49.